The van der Waals surface area contributed by atoms with Crippen molar-refractivity contribution in [3.63, 3.8) is 0 Å². The van der Waals surface area contributed by atoms with E-state index in [0.29, 0.717) is 36.0 Å². The number of carbonyl (C=O) groups excluding carboxylic acids is 3. The van der Waals surface area contributed by atoms with E-state index in [1.807, 2.05) is 25.7 Å². The lowest BCUT2D eigenvalue weighted by Crippen LogP contribution is -2.39. The third-order valence-electron chi connectivity index (χ3n) is 7.07. The second-order valence-corrected chi connectivity index (χ2v) is 9.93. The van der Waals surface area contributed by atoms with Gasteiger partial charge in [0, 0.05) is 36.0 Å². The monoisotopic (exact) mass is 451 g/mol. The van der Waals surface area contributed by atoms with E-state index in [9.17, 15) is 14.4 Å². The molecule has 2 atom stereocenters. The highest BCUT2D eigenvalue weighted by Crippen LogP contribution is 2.40. The molecule has 2 fully saturated rings. The minimum Gasteiger partial charge on any atom is -0.339 e. The zero-order chi connectivity index (χ0) is 23.0. The lowest BCUT2D eigenvalue weighted by atomic mass is 9.83. The summed E-state index contributed by atoms with van der Waals surface area (Å²) in [5.74, 6) is -0.299. The van der Waals surface area contributed by atoms with Crippen LogP contribution in [0.1, 0.15) is 64.2 Å². The topological polar surface area (TPSA) is 54.5 Å². The van der Waals surface area contributed by atoms with Crippen molar-refractivity contribution in [2.24, 2.45) is 11.8 Å². The molecular weight excluding hydrogens is 422 g/mol. The number of halogens is 1. The number of hydrogen-bond donors (Lipinski definition) is 0. The average molecular weight is 452 g/mol. The fourth-order valence-electron chi connectivity index (χ4n) is 5.58. The summed E-state index contributed by atoms with van der Waals surface area (Å²) in [4.78, 5) is 40.8. The fraction of sp³-hybridized carbons (Fsp3) is 0.444. The first-order valence-electron chi connectivity index (χ1n) is 11.4. The molecule has 168 valence electrons. The molecule has 0 aromatic heterocycles. The number of piperidine rings is 1. The SMILES string of the molecule is Cc1cc(C)c(C2C(=O)CC(CC3CCN(C(=O)c4cccc(Cl)c4)CC3)C2=O)c(C)c1. The molecule has 2 unspecified atom stereocenters. The zero-order valence-electron chi connectivity index (χ0n) is 19.0. The summed E-state index contributed by atoms with van der Waals surface area (Å²) in [7, 11) is 0. The van der Waals surface area contributed by atoms with Gasteiger partial charge < -0.3 is 4.90 Å². The van der Waals surface area contributed by atoms with E-state index in [1.54, 1.807) is 24.3 Å². The van der Waals surface area contributed by atoms with Gasteiger partial charge in [-0.15, -0.1) is 0 Å². The third kappa shape index (κ3) is 4.52. The first-order chi connectivity index (χ1) is 15.2. The number of amides is 1. The van der Waals surface area contributed by atoms with Crippen LogP contribution in [-0.2, 0) is 9.59 Å². The normalized spacial score (nSPS) is 21.9. The van der Waals surface area contributed by atoms with E-state index in [2.05, 4.69) is 12.1 Å². The number of ketones is 2. The molecule has 1 saturated heterocycles. The van der Waals surface area contributed by atoms with Crippen molar-refractivity contribution in [2.45, 2.75) is 52.4 Å². The number of carbonyl (C=O) groups is 3. The molecule has 32 heavy (non-hydrogen) atoms. The Morgan fingerprint density at radius 1 is 1.03 bits per heavy atom. The van der Waals surface area contributed by atoms with Gasteiger partial charge >= 0.3 is 0 Å². The summed E-state index contributed by atoms with van der Waals surface area (Å²) < 4.78 is 0. The van der Waals surface area contributed by atoms with Gasteiger partial charge in [0.1, 0.15) is 11.7 Å². The van der Waals surface area contributed by atoms with E-state index in [4.69, 9.17) is 11.6 Å². The van der Waals surface area contributed by atoms with E-state index in [-0.39, 0.29) is 23.4 Å². The Balaban J connectivity index is 1.38. The van der Waals surface area contributed by atoms with Gasteiger partial charge in [-0.2, -0.15) is 0 Å². The Hall–Kier alpha value is -2.46. The number of aryl methyl sites for hydroxylation is 3. The summed E-state index contributed by atoms with van der Waals surface area (Å²) >= 11 is 6.02. The van der Waals surface area contributed by atoms with Crippen molar-refractivity contribution in [2.75, 3.05) is 13.1 Å². The quantitative estimate of drug-likeness (QED) is 0.581. The van der Waals surface area contributed by atoms with Crippen LogP contribution < -0.4 is 0 Å². The Bertz CT molecular complexity index is 1050. The number of hydrogen-bond acceptors (Lipinski definition) is 3. The van der Waals surface area contributed by atoms with Crippen LogP contribution in [0.4, 0.5) is 0 Å². The molecule has 2 aromatic carbocycles. The van der Waals surface area contributed by atoms with Crippen molar-refractivity contribution < 1.29 is 14.4 Å². The Labute approximate surface area is 194 Å². The van der Waals surface area contributed by atoms with Crippen LogP contribution in [0.15, 0.2) is 36.4 Å². The first-order valence-corrected chi connectivity index (χ1v) is 11.8. The van der Waals surface area contributed by atoms with E-state index < -0.39 is 5.92 Å². The summed E-state index contributed by atoms with van der Waals surface area (Å²) in [6.07, 6.45) is 2.80. The molecule has 0 radical (unpaired) electrons. The summed E-state index contributed by atoms with van der Waals surface area (Å²) in [6.45, 7) is 7.37. The molecule has 1 saturated carbocycles. The summed E-state index contributed by atoms with van der Waals surface area (Å²) in [5, 5.41) is 0.559. The van der Waals surface area contributed by atoms with Crippen molar-refractivity contribution in [3.8, 4) is 0 Å². The van der Waals surface area contributed by atoms with Crippen molar-refractivity contribution in [1.29, 1.82) is 0 Å². The van der Waals surface area contributed by atoms with Crippen LogP contribution in [-0.4, -0.2) is 35.5 Å². The van der Waals surface area contributed by atoms with Crippen molar-refractivity contribution in [1.82, 2.24) is 4.90 Å². The molecule has 2 aromatic rings. The predicted molar refractivity (Wildman–Crippen MR) is 126 cm³/mol. The first kappa shape index (κ1) is 22.7. The standard InChI is InChI=1S/C27H30ClNO3/c1-16-11-17(2)24(18(3)12-16)25-23(30)15-21(26(25)31)13-19-7-9-29(10-8-19)27(32)20-5-4-6-22(28)14-20/h4-6,11-12,14,19,21,25H,7-10,13,15H2,1-3H3. The Kier molecular flexibility index (Phi) is 6.52. The number of likely N-dealkylation sites (tertiary alicyclic amines) is 1. The zero-order valence-corrected chi connectivity index (χ0v) is 19.7. The number of Topliss-reactive ketones (excluding diaryl/α,β-unsaturated/α-hetero) is 2. The van der Waals surface area contributed by atoms with E-state index in [1.165, 1.54) is 0 Å². The lowest BCUT2D eigenvalue weighted by molar-refractivity contribution is -0.125. The number of rotatable bonds is 4. The van der Waals surface area contributed by atoms with Gasteiger partial charge in [0.15, 0.2) is 5.78 Å². The second-order valence-electron chi connectivity index (χ2n) is 9.50. The van der Waals surface area contributed by atoms with Crippen LogP contribution in [0.5, 0.6) is 0 Å². The van der Waals surface area contributed by atoms with Crippen LogP contribution in [0.3, 0.4) is 0 Å². The Morgan fingerprint density at radius 2 is 1.69 bits per heavy atom. The van der Waals surface area contributed by atoms with Crippen molar-refractivity contribution >= 4 is 29.1 Å². The molecule has 1 heterocycles. The molecule has 1 aliphatic carbocycles. The maximum atomic E-state index is 13.3. The molecule has 0 bridgehead atoms. The van der Waals surface area contributed by atoms with Crippen LogP contribution >= 0.6 is 11.6 Å². The molecule has 2 aliphatic rings. The number of nitrogens with zero attached hydrogens (tertiary/aromatic N) is 1. The third-order valence-corrected chi connectivity index (χ3v) is 7.31. The lowest BCUT2D eigenvalue weighted by Gasteiger charge is -2.33. The fourth-order valence-corrected chi connectivity index (χ4v) is 5.77. The molecule has 1 amide bonds. The van der Waals surface area contributed by atoms with Gasteiger partial charge in [0.25, 0.3) is 5.91 Å². The van der Waals surface area contributed by atoms with Crippen molar-refractivity contribution in [3.05, 3.63) is 69.2 Å². The highest BCUT2D eigenvalue weighted by atomic mass is 35.5. The minimum atomic E-state index is -0.606. The van der Waals surface area contributed by atoms with Crippen LogP contribution in [0, 0.1) is 32.6 Å². The summed E-state index contributed by atoms with van der Waals surface area (Å²) in [6, 6.07) is 11.2. The molecule has 0 spiro atoms. The molecule has 5 heteroatoms. The average Bonchev–Trinajstić information content (AvgIpc) is 3.01. The molecular formula is C27H30ClNO3. The summed E-state index contributed by atoms with van der Waals surface area (Å²) in [5.41, 5.74) is 4.73. The molecule has 4 rings (SSSR count). The van der Waals surface area contributed by atoms with Gasteiger partial charge in [-0.1, -0.05) is 35.4 Å². The molecule has 1 aliphatic heterocycles. The van der Waals surface area contributed by atoms with E-state index >= 15 is 0 Å². The second kappa shape index (κ2) is 9.19. The maximum Gasteiger partial charge on any atom is 0.253 e. The highest BCUT2D eigenvalue weighted by Gasteiger charge is 2.44. The maximum absolute atomic E-state index is 13.3. The van der Waals surface area contributed by atoms with Gasteiger partial charge in [-0.3, -0.25) is 14.4 Å². The molecule has 0 N–H and O–H groups in total. The van der Waals surface area contributed by atoms with Crippen LogP contribution in [0.25, 0.3) is 0 Å². The van der Waals surface area contributed by atoms with Gasteiger partial charge in [-0.05, 0) is 80.8 Å². The molecule has 4 nitrogen and oxygen atoms in total. The largest absolute Gasteiger partial charge is 0.339 e. The minimum absolute atomic E-state index is 0.00320. The predicted octanol–water partition coefficient (Wildman–Crippen LogP) is 5.45. The van der Waals surface area contributed by atoms with Gasteiger partial charge in [-0.25, -0.2) is 0 Å². The highest BCUT2D eigenvalue weighted by molar-refractivity contribution is 6.31. The number of benzene rings is 2. The van der Waals surface area contributed by atoms with Gasteiger partial charge in [0.2, 0.25) is 0 Å². The van der Waals surface area contributed by atoms with Crippen LogP contribution in [0.2, 0.25) is 5.02 Å². The smallest absolute Gasteiger partial charge is 0.253 e. The van der Waals surface area contributed by atoms with Gasteiger partial charge in [0.05, 0.1) is 0 Å². The Morgan fingerprint density at radius 3 is 2.31 bits per heavy atom. The van der Waals surface area contributed by atoms with E-state index in [0.717, 1.165) is 41.5 Å².